The Morgan fingerprint density at radius 2 is 2.05 bits per heavy atom. The van der Waals surface area contributed by atoms with Crippen LogP contribution in [0.25, 0.3) is 0 Å². The van der Waals surface area contributed by atoms with Crippen LogP contribution < -0.4 is 5.32 Å². The number of carbonyl (C=O) groups is 1. The zero-order valence-electron chi connectivity index (χ0n) is 14.1. The third-order valence-corrected chi connectivity index (χ3v) is 3.92. The number of nitrogens with one attached hydrogen (secondary N) is 1. The zero-order chi connectivity index (χ0) is 16.5. The third-order valence-electron chi connectivity index (χ3n) is 3.92. The highest BCUT2D eigenvalue weighted by Gasteiger charge is 2.20. The third kappa shape index (κ3) is 6.14. The van der Waals surface area contributed by atoms with E-state index in [0.29, 0.717) is 24.4 Å². The predicted octanol–water partition coefficient (Wildman–Crippen LogP) is 3.81. The lowest BCUT2D eigenvalue weighted by Crippen LogP contribution is -2.27. The van der Waals surface area contributed by atoms with E-state index < -0.39 is 0 Å². The molecule has 4 heteroatoms. The molecule has 0 aliphatic rings. The highest BCUT2D eigenvalue weighted by molar-refractivity contribution is 5.76. The van der Waals surface area contributed by atoms with Crippen molar-refractivity contribution in [3.8, 4) is 0 Å². The van der Waals surface area contributed by atoms with Crippen LogP contribution in [0.5, 0.6) is 0 Å². The second kappa shape index (κ2) is 9.57. The van der Waals surface area contributed by atoms with Gasteiger partial charge in [0.2, 0.25) is 5.91 Å². The van der Waals surface area contributed by atoms with Gasteiger partial charge in [-0.1, -0.05) is 26.0 Å². The largest absolute Gasteiger partial charge is 0.385 e. The van der Waals surface area contributed by atoms with E-state index in [1.807, 2.05) is 6.07 Å². The van der Waals surface area contributed by atoms with Gasteiger partial charge in [-0.2, -0.15) is 0 Å². The molecule has 0 heterocycles. The first-order chi connectivity index (χ1) is 10.5. The Morgan fingerprint density at radius 1 is 1.32 bits per heavy atom. The van der Waals surface area contributed by atoms with Crippen molar-refractivity contribution in [1.82, 2.24) is 5.32 Å². The molecule has 0 spiro atoms. The van der Waals surface area contributed by atoms with Crippen LogP contribution in [0.3, 0.4) is 0 Å². The summed E-state index contributed by atoms with van der Waals surface area (Å²) < 4.78 is 18.4. The SMILES string of the molecule is COCCCCNC(=O)CC(c1ccc(F)c(C)c1)C(C)C. The van der Waals surface area contributed by atoms with Crippen LogP contribution in [0.1, 0.15) is 50.2 Å². The van der Waals surface area contributed by atoms with Crippen LogP contribution in [0.15, 0.2) is 18.2 Å². The number of aryl methyl sites for hydroxylation is 1. The molecule has 0 aliphatic carbocycles. The van der Waals surface area contributed by atoms with Crippen molar-refractivity contribution in [2.24, 2.45) is 5.92 Å². The van der Waals surface area contributed by atoms with Crippen molar-refractivity contribution < 1.29 is 13.9 Å². The lowest BCUT2D eigenvalue weighted by atomic mass is 9.85. The number of carbonyl (C=O) groups excluding carboxylic acids is 1. The molecule has 124 valence electrons. The van der Waals surface area contributed by atoms with Gasteiger partial charge < -0.3 is 10.1 Å². The average molecular weight is 309 g/mol. The molecule has 0 fully saturated rings. The van der Waals surface area contributed by atoms with Gasteiger partial charge in [0.05, 0.1) is 0 Å². The van der Waals surface area contributed by atoms with Crippen LogP contribution in [-0.2, 0) is 9.53 Å². The maximum atomic E-state index is 13.4. The normalized spacial score (nSPS) is 12.5. The minimum absolute atomic E-state index is 0.0538. The van der Waals surface area contributed by atoms with Gasteiger partial charge in [0, 0.05) is 26.7 Å². The van der Waals surface area contributed by atoms with Crippen LogP contribution in [0, 0.1) is 18.7 Å². The number of rotatable bonds is 9. The van der Waals surface area contributed by atoms with Gasteiger partial charge in [-0.25, -0.2) is 4.39 Å². The van der Waals surface area contributed by atoms with E-state index in [2.05, 4.69) is 19.2 Å². The van der Waals surface area contributed by atoms with Gasteiger partial charge in [-0.05, 0) is 48.8 Å². The second-order valence-corrected chi connectivity index (χ2v) is 6.11. The highest BCUT2D eigenvalue weighted by atomic mass is 19.1. The molecule has 1 aromatic carbocycles. The average Bonchev–Trinajstić information content (AvgIpc) is 2.47. The van der Waals surface area contributed by atoms with Gasteiger partial charge >= 0.3 is 0 Å². The van der Waals surface area contributed by atoms with Crippen molar-refractivity contribution in [1.29, 1.82) is 0 Å². The molecule has 0 saturated heterocycles. The first-order valence-electron chi connectivity index (χ1n) is 7.97. The molecule has 1 atom stereocenters. The first-order valence-corrected chi connectivity index (χ1v) is 7.97. The second-order valence-electron chi connectivity index (χ2n) is 6.11. The van der Waals surface area contributed by atoms with Crippen molar-refractivity contribution in [3.63, 3.8) is 0 Å². The molecule has 0 saturated carbocycles. The molecule has 1 unspecified atom stereocenters. The van der Waals surface area contributed by atoms with E-state index in [9.17, 15) is 9.18 Å². The van der Waals surface area contributed by atoms with E-state index in [4.69, 9.17) is 4.74 Å². The summed E-state index contributed by atoms with van der Waals surface area (Å²) in [5.41, 5.74) is 1.66. The van der Waals surface area contributed by atoms with Gasteiger partial charge in [-0.15, -0.1) is 0 Å². The lowest BCUT2D eigenvalue weighted by Gasteiger charge is -2.21. The number of benzene rings is 1. The Balaban J connectivity index is 2.57. The number of hydrogen-bond donors (Lipinski definition) is 1. The molecular weight excluding hydrogens is 281 g/mol. The first kappa shape index (κ1) is 18.6. The zero-order valence-corrected chi connectivity index (χ0v) is 14.1. The van der Waals surface area contributed by atoms with E-state index >= 15 is 0 Å². The Kier molecular flexibility index (Phi) is 8.10. The molecular formula is C18H28FNO2. The summed E-state index contributed by atoms with van der Waals surface area (Å²) in [5, 5.41) is 2.95. The summed E-state index contributed by atoms with van der Waals surface area (Å²) >= 11 is 0. The monoisotopic (exact) mass is 309 g/mol. The van der Waals surface area contributed by atoms with Crippen molar-refractivity contribution in [2.75, 3.05) is 20.3 Å². The minimum atomic E-state index is -0.200. The number of methoxy groups -OCH3 is 1. The highest BCUT2D eigenvalue weighted by Crippen LogP contribution is 2.29. The molecule has 1 rings (SSSR count). The maximum Gasteiger partial charge on any atom is 0.220 e. The van der Waals surface area contributed by atoms with Gasteiger partial charge in [0.15, 0.2) is 0 Å². The Morgan fingerprint density at radius 3 is 2.64 bits per heavy atom. The molecule has 1 N–H and O–H groups in total. The van der Waals surface area contributed by atoms with E-state index in [1.54, 1.807) is 20.1 Å². The predicted molar refractivity (Wildman–Crippen MR) is 87.5 cm³/mol. The van der Waals surface area contributed by atoms with Gasteiger partial charge in [0.25, 0.3) is 0 Å². The van der Waals surface area contributed by atoms with E-state index in [0.717, 1.165) is 25.0 Å². The molecule has 22 heavy (non-hydrogen) atoms. The lowest BCUT2D eigenvalue weighted by molar-refractivity contribution is -0.121. The fourth-order valence-electron chi connectivity index (χ4n) is 2.51. The molecule has 0 aromatic heterocycles. The smallest absolute Gasteiger partial charge is 0.220 e. The van der Waals surface area contributed by atoms with Crippen molar-refractivity contribution >= 4 is 5.91 Å². The van der Waals surface area contributed by atoms with Crippen molar-refractivity contribution in [2.45, 2.75) is 46.0 Å². The topological polar surface area (TPSA) is 38.3 Å². The standard InChI is InChI=1S/C18H28FNO2/c1-13(2)16(15-7-8-17(19)14(3)11-15)12-18(21)20-9-5-6-10-22-4/h7-8,11,13,16H,5-6,9-10,12H2,1-4H3,(H,20,21). The molecule has 1 aromatic rings. The Labute approximate surface area is 133 Å². The molecule has 0 aliphatic heterocycles. The Hall–Kier alpha value is -1.42. The summed E-state index contributed by atoms with van der Waals surface area (Å²) in [4.78, 5) is 12.1. The summed E-state index contributed by atoms with van der Waals surface area (Å²) in [7, 11) is 1.68. The summed E-state index contributed by atoms with van der Waals surface area (Å²) in [6.45, 7) is 7.34. The summed E-state index contributed by atoms with van der Waals surface area (Å²) in [5.74, 6) is 0.286. The maximum absolute atomic E-state index is 13.4. The van der Waals surface area contributed by atoms with Crippen LogP contribution in [-0.4, -0.2) is 26.2 Å². The molecule has 3 nitrogen and oxygen atoms in total. The van der Waals surface area contributed by atoms with Crippen LogP contribution >= 0.6 is 0 Å². The van der Waals surface area contributed by atoms with E-state index in [1.165, 1.54) is 6.07 Å². The number of unbranched alkanes of at least 4 members (excludes halogenated alkanes) is 1. The fraction of sp³-hybridized carbons (Fsp3) is 0.611. The number of ether oxygens (including phenoxy) is 1. The van der Waals surface area contributed by atoms with Crippen molar-refractivity contribution in [3.05, 3.63) is 35.1 Å². The van der Waals surface area contributed by atoms with Crippen LogP contribution in [0.4, 0.5) is 4.39 Å². The number of amides is 1. The Bertz CT molecular complexity index is 474. The van der Waals surface area contributed by atoms with E-state index in [-0.39, 0.29) is 17.6 Å². The van der Waals surface area contributed by atoms with Crippen LogP contribution in [0.2, 0.25) is 0 Å². The molecule has 0 bridgehead atoms. The molecule has 0 radical (unpaired) electrons. The number of halogens is 1. The number of hydrogen-bond acceptors (Lipinski definition) is 2. The molecule has 1 amide bonds. The minimum Gasteiger partial charge on any atom is -0.385 e. The van der Waals surface area contributed by atoms with Gasteiger partial charge in [0.1, 0.15) is 5.82 Å². The summed E-state index contributed by atoms with van der Waals surface area (Å²) in [6, 6.07) is 5.13. The quantitative estimate of drug-likeness (QED) is 0.705. The summed E-state index contributed by atoms with van der Waals surface area (Å²) in [6.07, 6.45) is 2.30. The van der Waals surface area contributed by atoms with Gasteiger partial charge in [-0.3, -0.25) is 4.79 Å². The fourth-order valence-corrected chi connectivity index (χ4v) is 2.51.